The Morgan fingerprint density at radius 2 is 2.11 bits per heavy atom. The largest absolute Gasteiger partial charge is 0.456 e. The molecule has 0 saturated heterocycles. The zero-order chi connectivity index (χ0) is 12.7. The topological polar surface area (TPSA) is 82.2 Å². The molecule has 0 spiro atoms. The molecule has 0 saturated carbocycles. The van der Waals surface area contributed by atoms with Crippen LogP contribution >= 0.6 is 0 Å². The fraction of sp³-hybridized carbons (Fsp3) is 0.250. The maximum atomic E-state index is 5.59. The fourth-order valence-electron chi connectivity index (χ4n) is 2.00. The van der Waals surface area contributed by atoms with Crippen molar-refractivity contribution in [3.05, 3.63) is 35.5 Å². The first-order valence-corrected chi connectivity index (χ1v) is 5.67. The normalized spacial score (nSPS) is 11.3. The molecule has 92 valence electrons. The summed E-state index contributed by atoms with van der Waals surface area (Å²) in [6, 6.07) is 5.57. The van der Waals surface area contributed by atoms with E-state index in [-0.39, 0.29) is 0 Å². The molecule has 0 radical (unpaired) electrons. The standard InChI is InChI=1S/C12H13N5O/c1-7-5-11-15-16-12(17(11)8(2)14-7)10-4-3-9(6-13)18-10/h3-5H,6,13H2,1-2H3. The van der Waals surface area contributed by atoms with Gasteiger partial charge in [-0.1, -0.05) is 0 Å². The smallest absolute Gasteiger partial charge is 0.205 e. The summed E-state index contributed by atoms with van der Waals surface area (Å²) in [5, 5.41) is 8.29. The number of aryl methyl sites for hydroxylation is 2. The summed E-state index contributed by atoms with van der Waals surface area (Å²) in [5.41, 5.74) is 7.21. The Morgan fingerprint density at radius 3 is 2.83 bits per heavy atom. The van der Waals surface area contributed by atoms with Crippen LogP contribution in [0.15, 0.2) is 22.6 Å². The van der Waals surface area contributed by atoms with Gasteiger partial charge in [0.25, 0.3) is 0 Å². The van der Waals surface area contributed by atoms with Gasteiger partial charge in [-0.05, 0) is 26.0 Å². The zero-order valence-electron chi connectivity index (χ0n) is 10.2. The molecule has 3 rings (SSSR count). The van der Waals surface area contributed by atoms with E-state index in [4.69, 9.17) is 10.2 Å². The predicted octanol–water partition coefficient (Wildman–Crippen LogP) is 1.46. The van der Waals surface area contributed by atoms with Gasteiger partial charge >= 0.3 is 0 Å². The molecule has 3 heterocycles. The van der Waals surface area contributed by atoms with Crippen molar-refractivity contribution < 1.29 is 4.42 Å². The minimum Gasteiger partial charge on any atom is -0.456 e. The molecule has 3 aromatic rings. The van der Waals surface area contributed by atoms with Crippen molar-refractivity contribution in [2.24, 2.45) is 5.73 Å². The van der Waals surface area contributed by atoms with Crippen LogP contribution in [0.5, 0.6) is 0 Å². The van der Waals surface area contributed by atoms with E-state index in [2.05, 4.69) is 15.2 Å². The van der Waals surface area contributed by atoms with Gasteiger partial charge in [0, 0.05) is 11.8 Å². The third-order valence-electron chi connectivity index (χ3n) is 2.77. The summed E-state index contributed by atoms with van der Waals surface area (Å²) in [5.74, 6) is 2.85. The molecule has 0 aliphatic rings. The van der Waals surface area contributed by atoms with Crippen molar-refractivity contribution in [1.29, 1.82) is 0 Å². The van der Waals surface area contributed by atoms with Gasteiger partial charge in [0.15, 0.2) is 11.4 Å². The van der Waals surface area contributed by atoms with Crippen molar-refractivity contribution in [2.45, 2.75) is 20.4 Å². The summed E-state index contributed by atoms with van der Waals surface area (Å²) < 4.78 is 7.46. The van der Waals surface area contributed by atoms with E-state index in [1.165, 1.54) is 0 Å². The summed E-state index contributed by atoms with van der Waals surface area (Å²) in [4.78, 5) is 4.40. The molecule has 0 amide bonds. The zero-order valence-corrected chi connectivity index (χ0v) is 10.2. The van der Waals surface area contributed by atoms with Crippen LogP contribution in [0.3, 0.4) is 0 Å². The molecule has 3 aromatic heterocycles. The number of aromatic nitrogens is 4. The number of nitrogens with zero attached hydrogens (tertiary/aromatic N) is 4. The Bertz CT molecular complexity index is 712. The van der Waals surface area contributed by atoms with Crippen LogP contribution in [0.4, 0.5) is 0 Å². The van der Waals surface area contributed by atoms with Gasteiger partial charge in [-0.25, -0.2) is 4.98 Å². The number of hydrogen-bond donors (Lipinski definition) is 1. The highest BCUT2D eigenvalue weighted by molar-refractivity contribution is 5.54. The molecule has 0 aliphatic heterocycles. The number of rotatable bonds is 2. The number of nitrogens with two attached hydrogens (primary N) is 1. The SMILES string of the molecule is Cc1cc2nnc(-c3ccc(CN)o3)n2c(C)n1. The minimum atomic E-state index is 0.368. The van der Waals surface area contributed by atoms with E-state index in [1.54, 1.807) is 0 Å². The first-order chi connectivity index (χ1) is 8.69. The molecule has 0 fully saturated rings. The Balaban J connectivity index is 2.23. The van der Waals surface area contributed by atoms with E-state index in [9.17, 15) is 0 Å². The first-order valence-electron chi connectivity index (χ1n) is 5.67. The van der Waals surface area contributed by atoms with Crippen LogP contribution in [-0.4, -0.2) is 19.6 Å². The Kier molecular flexibility index (Phi) is 2.38. The van der Waals surface area contributed by atoms with Crippen molar-refractivity contribution in [2.75, 3.05) is 0 Å². The van der Waals surface area contributed by atoms with Crippen LogP contribution in [0, 0.1) is 13.8 Å². The van der Waals surface area contributed by atoms with Crippen molar-refractivity contribution in [1.82, 2.24) is 19.6 Å². The lowest BCUT2D eigenvalue weighted by molar-refractivity contribution is 0.521. The molecule has 6 heteroatoms. The quantitative estimate of drug-likeness (QED) is 0.736. The molecule has 0 atom stereocenters. The van der Waals surface area contributed by atoms with Gasteiger partial charge < -0.3 is 10.2 Å². The van der Waals surface area contributed by atoms with Crippen LogP contribution in [0.25, 0.3) is 17.2 Å². The summed E-state index contributed by atoms with van der Waals surface area (Å²) >= 11 is 0. The van der Waals surface area contributed by atoms with Gasteiger partial charge in [-0.15, -0.1) is 10.2 Å². The van der Waals surface area contributed by atoms with E-state index < -0.39 is 0 Å². The third-order valence-corrected chi connectivity index (χ3v) is 2.77. The Morgan fingerprint density at radius 1 is 1.28 bits per heavy atom. The average molecular weight is 243 g/mol. The molecule has 0 aromatic carbocycles. The molecular formula is C12H13N5O. The van der Waals surface area contributed by atoms with Gasteiger partial charge in [0.1, 0.15) is 11.6 Å². The third kappa shape index (κ3) is 1.58. The average Bonchev–Trinajstić information content (AvgIpc) is 2.93. The molecule has 2 N–H and O–H groups in total. The minimum absolute atomic E-state index is 0.368. The fourth-order valence-corrected chi connectivity index (χ4v) is 2.00. The second kappa shape index (κ2) is 3.92. The lowest BCUT2D eigenvalue weighted by Crippen LogP contribution is -1.99. The van der Waals surface area contributed by atoms with Gasteiger partial charge in [-0.2, -0.15) is 0 Å². The molecule has 18 heavy (non-hydrogen) atoms. The van der Waals surface area contributed by atoms with Gasteiger partial charge in [0.05, 0.1) is 6.54 Å². The Hall–Kier alpha value is -2.21. The summed E-state index contributed by atoms with van der Waals surface area (Å²) in [6.45, 7) is 4.22. The number of hydrogen-bond acceptors (Lipinski definition) is 5. The molecule has 0 bridgehead atoms. The predicted molar refractivity (Wildman–Crippen MR) is 65.8 cm³/mol. The van der Waals surface area contributed by atoms with Crippen LogP contribution in [0.2, 0.25) is 0 Å². The summed E-state index contributed by atoms with van der Waals surface area (Å²) in [7, 11) is 0. The molecular weight excluding hydrogens is 230 g/mol. The van der Waals surface area contributed by atoms with Gasteiger partial charge in [0.2, 0.25) is 5.82 Å². The second-order valence-corrected chi connectivity index (χ2v) is 4.13. The second-order valence-electron chi connectivity index (χ2n) is 4.13. The highest BCUT2D eigenvalue weighted by Crippen LogP contribution is 2.22. The van der Waals surface area contributed by atoms with Crippen molar-refractivity contribution in [3.8, 4) is 11.6 Å². The van der Waals surface area contributed by atoms with Crippen molar-refractivity contribution in [3.63, 3.8) is 0 Å². The van der Waals surface area contributed by atoms with Crippen LogP contribution in [-0.2, 0) is 6.54 Å². The van der Waals surface area contributed by atoms with Crippen LogP contribution in [0.1, 0.15) is 17.3 Å². The number of furan rings is 1. The number of fused-ring (bicyclic) bond motifs is 1. The van der Waals surface area contributed by atoms with Crippen molar-refractivity contribution >= 4 is 5.65 Å². The maximum absolute atomic E-state index is 5.59. The lowest BCUT2D eigenvalue weighted by atomic mass is 10.4. The highest BCUT2D eigenvalue weighted by atomic mass is 16.3. The Labute approximate surface area is 103 Å². The monoisotopic (exact) mass is 243 g/mol. The highest BCUT2D eigenvalue weighted by Gasteiger charge is 2.14. The maximum Gasteiger partial charge on any atom is 0.205 e. The van der Waals surface area contributed by atoms with E-state index in [0.717, 1.165) is 22.9 Å². The van der Waals surface area contributed by atoms with Crippen LogP contribution < -0.4 is 5.73 Å². The molecule has 0 unspecified atom stereocenters. The van der Waals surface area contributed by atoms with E-state index in [1.807, 2.05) is 36.4 Å². The molecule has 6 nitrogen and oxygen atoms in total. The van der Waals surface area contributed by atoms with E-state index in [0.29, 0.717) is 18.1 Å². The summed E-state index contributed by atoms with van der Waals surface area (Å²) in [6.07, 6.45) is 0. The van der Waals surface area contributed by atoms with Gasteiger partial charge in [-0.3, -0.25) is 4.40 Å². The first kappa shape index (κ1) is 10.9. The molecule has 0 aliphatic carbocycles. The van der Waals surface area contributed by atoms with E-state index >= 15 is 0 Å². The lowest BCUT2D eigenvalue weighted by Gasteiger charge is -2.02.